The summed E-state index contributed by atoms with van der Waals surface area (Å²) in [6, 6.07) is 0. The second-order valence-corrected chi connectivity index (χ2v) is 5.04. The molecule has 1 saturated carbocycles. The molecule has 0 aliphatic heterocycles. The summed E-state index contributed by atoms with van der Waals surface area (Å²) in [5, 5.41) is 0. The molecule has 0 N–H and O–H groups in total. The number of hydrogen-bond donors (Lipinski definition) is 0. The second kappa shape index (κ2) is 5.67. The molecule has 0 bridgehead atoms. The molecule has 0 aromatic carbocycles. The van der Waals surface area contributed by atoms with Crippen molar-refractivity contribution in [3.8, 4) is 0 Å². The Morgan fingerprint density at radius 1 is 1.31 bits per heavy atom. The summed E-state index contributed by atoms with van der Waals surface area (Å²) < 4.78 is 0. The van der Waals surface area contributed by atoms with Gasteiger partial charge < -0.3 is 0 Å². The topological polar surface area (TPSA) is 0 Å². The third kappa shape index (κ3) is 4.15. The van der Waals surface area contributed by atoms with Crippen LogP contribution in [0.1, 0.15) is 67.2 Å². The molecule has 0 nitrogen and oxygen atoms in total. The van der Waals surface area contributed by atoms with E-state index in [0.29, 0.717) is 0 Å². The van der Waals surface area contributed by atoms with Gasteiger partial charge in [-0.3, -0.25) is 0 Å². The highest BCUT2D eigenvalue weighted by Gasteiger charge is 2.37. The Morgan fingerprint density at radius 3 is 2.08 bits per heavy atom. The van der Waals surface area contributed by atoms with Crippen LogP contribution in [0.4, 0.5) is 0 Å². The van der Waals surface area contributed by atoms with E-state index in [1.165, 1.54) is 25.7 Å². The number of hydrogen-bond acceptors (Lipinski definition) is 0. The Labute approximate surface area is 85.1 Å². The van der Waals surface area contributed by atoms with Crippen LogP contribution in [0.25, 0.3) is 0 Å². The molecular weight excluding hydrogens is 156 g/mol. The lowest BCUT2D eigenvalue weighted by atomic mass is 9.60. The van der Waals surface area contributed by atoms with Gasteiger partial charge in [0.05, 0.1) is 0 Å². The van der Waals surface area contributed by atoms with Gasteiger partial charge >= 0.3 is 0 Å². The lowest BCUT2D eigenvalue weighted by Gasteiger charge is -2.45. The molecule has 0 heteroatoms. The van der Waals surface area contributed by atoms with Crippen molar-refractivity contribution in [1.29, 1.82) is 0 Å². The highest BCUT2D eigenvalue weighted by molar-refractivity contribution is 4.88. The van der Waals surface area contributed by atoms with Gasteiger partial charge in [0.2, 0.25) is 0 Å². The summed E-state index contributed by atoms with van der Waals surface area (Å²) in [6.07, 6.45) is 5.74. The Morgan fingerprint density at radius 2 is 1.77 bits per heavy atom. The highest BCUT2D eigenvalue weighted by Crippen LogP contribution is 2.49. The van der Waals surface area contributed by atoms with E-state index in [0.717, 1.165) is 17.3 Å². The zero-order valence-corrected chi connectivity index (χ0v) is 10.5. The van der Waals surface area contributed by atoms with Crippen LogP contribution in [-0.4, -0.2) is 0 Å². The van der Waals surface area contributed by atoms with Gasteiger partial charge in [0.1, 0.15) is 0 Å². The Bertz CT molecular complexity index is 120. The van der Waals surface area contributed by atoms with Gasteiger partial charge in [-0.25, -0.2) is 0 Å². The molecular formula is C13H28. The normalized spacial score (nSPS) is 34.2. The predicted octanol–water partition coefficient (Wildman–Crippen LogP) is 4.89. The largest absolute Gasteiger partial charge is 0.0683 e. The molecule has 1 aliphatic rings. The maximum atomic E-state index is 2.46. The molecule has 1 rings (SSSR count). The summed E-state index contributed by atoms with van der Waals surface area (Å²) in [4.78, 5) is 0. The number of rotatable bonds is 3. The average molecular weight is 184 g/mol. The van der Waals surface area contributed by atoms with E-state index in [4.69, 9.17) is 0 Å². The molecule has 0 heterocycles. The standard InChI is InChI=1S/C11H22.C2H6/c1-5-9(2)6-11(4)7-10(3)8-11;1-2/h9-10H,5-8H2,1-4H3;1-2H3. The van der Waals surface area contributed by atoms with Crippen LogP contribution < -0.4 is 0 Å². The van der Waals surface area contributed by atoms with Gasteiger partial charge in [-0.1, -0.05) is 48.0 Å². The fourth-order valence-corrected chi connectivity index (χ4v) is 2.78. The SMILES string of the molecule is CC.CCC(C)CC1(C)CC(C)C1. The van der Waals surface area contributed by atoms with Crippen molar-refractivity contribution in [2.75, 3.05) is 0 Å². The Hall–Kier alpha value is 0. The minimum absolute atomic E-state index is 0.717. The molecule has 13 heavy (non-hydrogen) atoms. The lowest BCUT2D eigenvalue weighted by molar-refractivity contribution is 0.0594. The molecule has 80 valence electrons. The molecule has 1 unspecified atom stereocenters. The maximum Gasteiger partial charge on any atom is -0.0318 e. The van der Waals surface area contributed by atoms with Crippen LogP contribution in [0.5, 0.6) is 0 Å². The maximum absolute atomic E-state index is 2.46. The molecule has 0 aromatic heterocycles. The van der Waals surface area contributed by atoms with Crippen LogP contribution in [-0.2, 0) is 0 Å². The van der Waals surface area contributed by atoms with Crippen LogP contribution in [0, 0.1) is 17.3 Å². The first-order valence-corrected chi connectivity index (χ1v) is 6.06. The molecule has 0 aromatic rings. The van der Waals surface area contributed by atoms with Gasteiger partial charge in [-0.15, -0.1) is 0 Å². The summed E-state index contributed by atoms with van der Waals surface area (Å²) in [5.74, 6) is 1.94. The van der Waals surface area contributed by atoms with Crippen LogP contribution in [0.2, 0.25) is 0 Å². The average Bonchev–Trinajstić information content (AvgIpc) is 2.05. The smallest absolute Gasteiger partial charge is 0.0318 e. The van der Waals surface area contributed by atoms with Gasteiger partial charge in [-0.05, 0) is 36.5 Å². The van der Waals surface area contributed by atoms with Crippen LogP contribution >= 0.6 is 0 Å². The minimum atomic E-state index is 0.717. The Kier molecular flexibility index (Phi) is 5.67. The molecule has 0 spiro atoms. The minimum Gasteiger partial charge on any atom is -0.0683 e. The van der Waals surface area contributed by atoms with Crippen molar-refractivity contribution in [1.82, 2.24) is 0 Å². The van der Waals surface area contributed by atoms with Gasteiger partial charge in [0, 0.05) is 0 Å². The lowest BCUT2D eigenvalue weighted by Crippen LogP contribution is -2.34. The van der Waals surface area contributed by atoms with Crippen molar-refractivity contribution in [2.45, 2.75) is 67.2 Å². The molecule has 0 saturated heterocycles. The Balaban J connectivity index is 0.000000671. The van der Waals surface area contributed by atoms with E-state index in [2.05, 4.69) is 27.7 Å². The fourth-order valence-electron chi connectivity index (χ4n) is 2.78. The first-order chi connectivity index (χ1) is 6.06. The monoisotopic (exact) mass is 184 g/mol. The third-order valence-corrected chi connectivity index (χ3v) is 3.22. The molecule has 1 fully saturated rings. The van der Waals surface area contributed by atoms with Crippen molar-refractivity contribution in [2.24, 2.45) is 17.3 Å². The predicted molar refractivity (Wildman–Crippen MR) is 61.9 cm³/mol. The first kappa shape index (κ1) is 13.0. The summed E-state index contributed by atoms with van der Waals surface area (Å²) in [5.41, 5.74) is 0.717. The van der Waals surface area contributed by atoms with E-state index in [1.807, 2.05) is 13.8 Å². The van der Waals surface area contributed by atoms with E-state index >= 15 is 0 Å². The van der Waals surface area contributed by atoms with E-state index in [9.17, 15) is 0 Å². The van der Waals surface area contributed by atoms with Gasteiger partial charge in [0.15, 0.2) is 0 Å². The molecule has 1 aliphatic carbocycles. The van der Waals surface area contributed by atoms with E-state index < -0.39 is 0 Å². The molecule has 0 radical (unpaired) electrons. The van der Waals surface area contributed by atoms with Crippen molar-refractivity contribution in [3.05, 3.63) is 0 Å². The molecule has 0 amide bonds. The van der Waals surface area contributed by atoms with Crippen molar-refractivity contribution >= 4 is 0 Å². The summed E-state index contributed by atoms with van der Waals surface area (Å²) in [7, 11) is 0. The van der Waals surface area contributed by atoms with Crippen LogP contribution in [0.3, 0.4) is 0 Å². The zero-order chi connectivity index (χ0) is 10.5. The zero-order valence-electron chi connectivity index (χ0n) is 10.5. The van der Waals surface area contributed by atoms with Crippen molar-refractivity contribution in [3.63, 3.8) is 0 Å². The second-order valence-electron chi connectivity index (χ2n) is 5.04. The van der Waals surface area contributed by atoms with Gasteiger partial charge in [-0.2, -0.15) is 0 Å². The van der Waals surface area contributed by atoms with E-state index in [1.54, 1.807) is 0 Å². The quantitative estimate of drug-likeness (QED) is 0.586. The fraction of sp³-hybridized carbons (Fsp3) is 1.00. The highest BCUT2D eigenvalue weighted by atomic mass is 14.4. The van der Waals surface area contributed by atoms with E-state index in [-0.39, 0.29) is 0 Å². The molecule has 1 atom stereocenters. The first-order valence-electron chi connectivity index (χ1n) is 6.06. The van der Waals surface area contributed by atoms with Crippen LogP contribution in [0.15, 0.2) is 0 Å². The summed E-state index contributed by atoms with van der Waals surface area (Å²) in [6.45, 7) is 13.5. The van der Waals surface area contributed by atoms with Gasteiger partial charge in [0.25, 0.3) is 0 Å². The summed E-state index contributed by atoms with van der Waals surface area (Å²) >= 11 is 0. The van der Waals surface area contributed by atoms with Crippen molar-refractivity contribution < 1.29 is 0 Å². The third-order valence-electron chi connectivity index (χ3n) is 3.22.